The van der Waals surface area contributed by atoms with Crippen LogP contribution in [0.4, 0.5) is 4.39 Å². The van der Waals surface area contributed by atoms with Crippen molar-refractivity contribution in [3.05, 3.63) is 51.0 Å². The minimum Gasteiger partial charge on any atom is -0.461 e. The van der Waals surface area contributed by atoms with E-state index in [0.717, 1.165) is 4.68 Å². The van der Waals surface area contributed by atoms with Crippen LogP contribution in [0.5, 0.6) is 0 Å². The monoisotopic (exact) mass is 344 g/mol. The predicted octanol–water partition coefficient (Wildman–Crippen LogP) is 3.37. The Morgan fingerprint density at radius 2 is 2.18 bits per heavy atom. The summed E-state index contributed by atoms with van der Waals surface area (Å²) in [5, 5.41) is 4.04. The molecular weight excluding hydrogens is 334 g/mol. The molecule has 0 unspecified atom stereocenters. The van der Waals surface area contributed by atoms with E-state index in [4.69, 9.17) is 27.9 Å². The number of nitrogens with zero attached hydrogens (tertiary/aromatic N) is 2. The third-order valence-electron chi connectivity index (χ3n) is 2.88. The lowest BCUT2D eigenvalue weighted by Crippen LogP contribution is -2.09. The SMILES string of the molecule is CCOC(=O)c1nn(Cc2c(F)cccc2Cl)c(Cl)c1C=O. The first-order valence-electron chi connectivity index (χ1n) is 6.31. The van der Waals surface area contributed by atoms with Crippen LogP contribution in [0.25, 0.3) is 0 Å². The van der Waals surface area contributed by atoms with E-state index in [0.29, 0.717) is 6.29 Å². The Morgan fingerprint density at radius 3 is 2.77 bits per heavy atom. The lowest BCUT2D eigenvalue weighted by molar-refractivity contribution is 0.0516. The smallest absolute Gasteiger partial charge is 0.359 e. The maximum Gasteiger partial charge on any atom is 0.359 e. The van der Waals surface area contributed by atoms with Gasteiger partial charge in [-0.2, -0.15) is 5.10 Å². The van der Waals surface area contributed by atoms with Crippen LogP contribution in [-0.4, -0.2) is 28.6 Å². The highest BCUT2D eigenvalue weighted by Gasteiger charge is 2.23. The van der Waals surface area contributed by atoms with Crippen molar-refractivity contribution in [3.63, 3.8) is 0 Å². The van der Waals surface area contributed by atoms with Crippen LogP contribution < -0.4 is 0 Å². The highest BCUT2D eigenvalue weighted by atomic mass is 35.5. The van der Waals surface area contributed by atoms with E-state index in [1.807, 2.05) is 0 Å². The summed E-state index contributed by atoms with van der Waals surface area (Å²) >= 11 is 12.0. The number of aromatic nitrogens is 2. The molecule has 0 spiro atoms. The van der Waals surface area contributed by atoms with Gasteiger partial charge in [-0.25, -0.2) is 13.9 Å². The molecule has 0 aliphatic rings. The molecule has 0 fully saturated rings. The second-order valence-electron chi connectivity index (χ2n) is 4.25. The van der Waals surface area contributed by atoms with Gasteiger partial charge in [-0.1, -0.05) is 29.3 Å². The number of hydrogen-bond donors (Lipinski definition) is 0. The van der Waals surface area contributed by atoms with Crippen molar-refractivity contribution in [1.82, 2.24) is 9.78 Å². The zero-order chi connectivity index (χ0) is 16.3. The third-order valence-corrected chi connectivity index (χ3v) is 3.63. The first-order chi connectivity index (χ1) is 10.5. The second-order valence-corrected chi connectivity index (χ2v) is 5.01. The van der Waals surface area contributed by atoms with Gasteiger partial charge in [-0.05, 0) is 19.1 Å². The Hall–Kier alpha value is -1.92. The summed E-state index contributed by atoms with van der Waals surface area (Å²) in [6.07, 6.45) is 0.404. The van der Waals surface area contributed by atoms with Gasteiger partial charge in [0.15, 0.2) is 12.0 Å². The Balaban J connectivity index is 2.44. The van der Waals surface area contributed by atoms with Gasteiger partial charge in [-0.15, -0.1) is 0 Å². The zero-order valence-corrected chi connectivity index (χ0v) is 13.0. The third kappa shape index (κ3) is 3.13. The number of halogens is 3. The van der Waals surface area contributed by atoms with E-state index in [1.165, 1.54) is 18.2 Å². The molecule has 116 valence electrons. The fourth-order valence-electron chi connectivity index (χ4n) is 1.85. The molecule has 5 nitrogen and oxygen atoms in total. The topological polar surface area (TPSA) is 61.2 Å². The first kappa shape index (κ1) is 16.5. The lowest BCUT2D eigenvalue weighted by atomic mass is 10.2. The number of aldehydes is 1. The molecule has 1 aromatic carbocycles. The summed E-state index contributed by atoms with van der Waals surface area (Å²) in [6, 6.07) is 4.22. The Morgan fingerprint density at radius 1 is 1.45 bits per heavy atom. The van der Waals surface area contributed by atoms with Crippen molar-refractivity contribution in [1.29, 1.82) is 0 Å². The summed E-state index contributed by atoms with van der Waals surface area (Å²) in [6.45, 7) is 1.63. The zero-order valence-electron chi connectivity index (χ0n) is 11.5. The minimum absolute atomic E-state index is 0.0858. The highest BCUT2D eigenvalue weighted by Crippen LogP contribution is 2.24. The van der Waals surface area contributed by atoms with E-state index >= 15 is 0 Å². The van der Waals surface area contributed by atoms with Crippen LogP contribution in [0.1, 0.15) is 33.3 Å². The van der Waals surface area contributed by atoms with Crippen molar-refractivity contribution in [3.8, 4) is 0 Å². The molecule has 0 atom stereocenters. The predicted molar refractivity (Wildman–Crippen MR) is 79.1 cm³/mol. The maximum atomic E-state index is 13.8. The normalized spacial score (nSPS) is 10.5. The number of ether oxygens (including phenoxy) is 1. The van der Waals surface area contributed by atoms with Crippen molar-refractivity contribution >= 4 is 35.5 Å². The molecule has 0 saturated carbocycles. The van der Waals surface area contributed by atoms with Gasteiger partial charge < -0.3 is 4.74 Å². The van der Waals surface area contributed by atoms with E-state index in [1.54, 1.807) is 6.92 Å². The summed E-state index contributed by atoms with van der Waals surface area (Å²) in [5.74, 6) is -1.31. The van der Waals surface area contributed by atoms with Crippen molar-refractivity contribution in [2.24, 2.45) is 0 Å². The van der Waals surface area contributed by atoms with Gasteiger partial charge in [-0.3, -0.25) is 4.79 Å². The van der Waals surface area contributed by atoms with Gasteiger partial charge in [0.05, 0.1) is 18.7 Å². The van der Waals surface area contributed by atoms with Crippen LogP contribution in [0.2, 0.25) is 10.2 Å². The van der Waals surface area contributed by atoms with Gasteiger partial charge in [0.25, 0.3) is 0 Å². The number of carbonyl (C=O) groups excluding carboxylic acids is 2. The summed E-state index contributed by atoms with van der Waals surface area (Å²) < 4.78 is 19.7. The standard InChI is InChI=1S/C14H11Cl2FN2O3/c1-2-22-14(21)12-9(7-20)13(16)19(18-12)6-8-10(15)4-3-5-11(8)17/h3-5,7H,2,6H2,1H3. The number of hydrogen-bond acceptors (Lipinski definition) is 4. The van der Waals surface area contributed by atoms with E-state index in [-0.39, 0.29) is 40.1 Å². The van der Waals surface area contributed by atoms with Crippen LogP contribution in [0.3, 0.4) is 0 Å². The van der Waals surface area contributed by atoms with Crippen LogP contribution in [0.15, 0.2) is 18.2 Å². The Labute approximate surface area is 135 Å². The molecule has 0 saturated heterocycles. The van der Waals surface area contributed by atoms with Crippen LogP contribution in [0, 0.1) is 5.82 Å². The lowest BCUT2D eigenvalue weighted by Gasteiger charge is -2.07. The molecule has 1 heterocycles. The van der Waals surface area contributed by atoms with Crippen molar-refractivity contribution in [2.75, 3.05) is 6.61 Å². The molecule has 1 aromatic heterocycles. The fraction of sp³-hybridized carbons (Fsp3) is 0.214. The number of rotatable bonds is 5. The molecule has 8 heteroatoms. The molecule has 2 rings (SSSR count). The molecule has 22 heavy (non-hydrogen) atoms. The van der Waals surface area contributed by atoms with Gasteiger partial charge in [0, 0.05) is 10.6 Å². The highest BCUT2D eigenvalue weighted by molar-refractivity contribution is 6.33. The first-order valence-corrected chi connectivity index (χ1v) is 7.06. The minimum atomic E-state index is -0.773. The summed E-state index contributed by atoms with van der Waals surface area (Å²) in [5.41, 5.74) is -0.164. The molecule has 2 aromatic rings. The second kappa shape index (κ2) is 6.89. The van der Waals surface area contributed by atoms with Crippen LogP contribution >= 0.6 is 23.2 Å². The summed E-state index contributed by atoms with van der Waals surface area (Å²) in [4.78, 5) is 22.9. The van der Waals surface area contributed by atoms with E-state index < -0.39 is 11.8 Å². The Bertz CT molecular complexity index is 711. The average molecular weight is 345 g/mol. The molecule has 0 bridgehead atoms. The molecule has 0 aliphatic carbocycles. The number of carbonyl (C=O) groups is 2. The molecule has 0 N–H and O–H groups in total. The number of benzene rings is 1. The average Bonchev–Trinajstić information content (AvgIpc) is 2.79. The Kier molecular flexibility index (Phi) is 5.15. The van der Waals surface area contributed by atoms with Crippen LogP contribution in [-0.2, 0) is 11.3 Å². The molecule has 0 aliphatic heterocycles. The quantitative estimate of drug-likeness (QED) is 0.616. The van der Waals surface area contributed by atoms with Gasteiger partial charge in [0.2, 0.25) is 0 Å². The molecule has 0 amide bonds. The van der Waals surface area contributed by atoms with Gasteiger partial charge >= 0.3 is 5.97 Å². The summed E-state index contributed by atoms with van der Waals surface area (Å²) in [7, 11) is 0. The van der Waals surface area contributed by atoms with E-state index in [2.05, 4.69) is 5.10 Å². The fourth-order valence-corrected chi connectivity index (χ4v) is 2.30. The molecular formula is C14H11Cl2FN2O3. The number of esters is 1. The van der Waals surface area contributed by atoms with Crippen molar-refractivity contribution in [2.45, 2.75) is 13.5 Å². The molecule has 0 radical (unpaired) electrons. The largest absolute Gasteiger partial charge is 0.461 e. The van der Waals surface area contributed by atoms with E-state index in [9.17, 15) is 14.0 Å². The maximum absolute atomic E-state index is 13.8. The van der Waals surface area contributed by atoms with Crippen molar-refractivity contribution < 1.29 is 18.7 Å². The van der Waals surface area contributed by atoms with Gasteiger partial charge in [0.1, 0.15) is 11.0 Å².